The van der Waals surface area contributed by atoms with Crippen molar-refractivity contribution < 1.29 is 9.53 Å². The monoisotopic (exact) mass is 511 g/mol. The highest BCUT2D eigenvalue weighted by atomic mass is 35.5. The first-order valence-corrected chi connectivity index (χ1v) is 12.5. The normalized spacial score (nSPS) is 15.6. The summed E-state index contributed by atoms with van der Waals surface area (Å²) in [5.41, 5.74) is 3.42. The molecule has 1 aliphatic rings. The maximum absolute atomic E-state index is 13.6. The predicted molar refractivity (Wildman–Crippen MR) is 148 cm³/mol. The van der Waals surface area contributed by atoms with Gasteiger partial charge in [0.15, 0.2) is 11.0 Å². The zero-order chi connectivity index (χ0) is 24.9. The average Bonchev–Trinajstić information content (AvgIpc) is 3.19. The summed E-state index contributed by atoms with van der Waals surface area (Å²) in [6.45, 7) is 2.30. The van der Waals surface area contributed by atoms with Crippen LogP contribution in [0.4, 0.5) is 11.5 Å². The quantitative estimate of drug-likeness (QED) is 0.252. The Morgan fingerprint density at radius 2 is 1.69 bits per heavy atom. The molecule has 5 nitrogen and oxygen atoms in total. The summed E-state index contributed by atoms with van der Waals surface area (Å²) >= 11 is 7.31. The van der Waals surface area contributed by atoms with Crippen molar-refractivity contribution in [2.45, 2.75) is 13.5 Å². The van der Waals surface area contributed by atoms with E-state index < -0.39 is 0 Å². The molecule has 4 aromatic rings. The number of hydrogen-bond donors (Lipinski definition) is 0. The summed E-state index contributed by atoms with van der Waals surface area (Å²) in [4.78, 5) is 25.0. The van der Waals surface area contributed by atoms with E-state index in [0.29, 0.717) is 33.3 Å². The fourth-order valence-corrected chi connectivity index (χ4v) is 4.76. The van der Waals surface area contributed by atoms with Gasteiger partial charge < -0.3 is 4.74 Å². The molecule has 5 rings (SSSR count). The lowest BCUT2D eigenvalue weighted by Crippen LogP contribution is -2.28. The van der Waals surface area contributed by atoms with Gasteiger partial charge in [-0.3, -0.25) is 9.69 Å². The highest BCUT2D eigenvalue weighted by molar-refractivity contribution is 8.19. The fourth-order valence-electron chi connectivity index (χ4n) is 3.66. The van der Waals surface area contributed by atoms with Crippen LogP contribution < -0.4 is 9.64 Å². The van der Waals surface area contributed by atoms with E-state index in [1.54, 1.807) is 4.90 Å². The molecule has 3 aromatic carbocycles. The number of nitrogens with zero attached hydrogens (tertiary/aromatic N) is 3. The number of amidine groups is 1. The van der Waals surface area contributed by atoms with Crippen LogP contribution in [0.5, 0.6) is 5.75 Å². The highest BCUT2D eigenvalue weighted by Gasteiger charge is 2.35. The number of thioether (sulfide) groups is 1. The van der Waals surface area contributed by atoms with E-state index in [1.807, 2.05) is 110 Å². The van der Waals surface area contributed by atoms with Gasteiger partial charge >= 0.3 is 0 Å². The summed E-state index contributed by atoms with van der Waals surface area (Å²) in [6, 6.07) is 30.3. The van der Waals surface area contributed by atoms with Crippen molar-refractivity contribution in [3.05, 3.63) is 124 Å². The number of carbonyl (C=O) groups excluding carboxylic acids is 1. The molecule has 1 aromatic heterocycles. The van der Waals surface area contributed by atoms with Crippen LogP contribution in [0.2, 0.25) is 5.02 Å². The van der Waals surface area contributed by atoms with E-state index in [4.69, 9.17) is 21.3 Å². The first-order chi connectivity index (χ1) is 17.6. The van der Waals surface area contributed by atoms with Crippen molar-refractivity contribution in [3.63, 3.8) is 0 Å². The number of ether oxygens (including phenoxy) is 1. The van der Waals surface area contributed by atoms with Gasteiger partial charge in [0.25, 0.3) is 5.91 Å². The van der Waals surface area contributed by atoms with Crippen LogP contribution in [0.1, 0.15) is 16.8 Å². The molecule has 0 saturated carbocycles. The Morgan fingerprint density at radius 1 is 0.944 bits per heavy atom. The number of rotatable bonds is 6. The van der Waals surface area contributed by atoms with E-state index in [1.165, 1.54) is 11.8 Å². The summed E-state index contributed by atoms with van der Waals surface area (Å²) in [7, 11) is 0. The van der Waals surface area contributed by atoms with Gasteiger partial charge in [0.05, 0.1) is 10.6 Å². The van der Waals surface area contributed by atoms with Gasteiger partial charge in [-0.05, 0) is 72.8 Å². The van der Waals surface area contributed by atoms with Crippen molar-refractivity contribution in [1.29, 1.82) is 0 Å². The molecule has 0 aliphatic carbocycles. The standard InChI is InChI=1S/C29H22ClN3O2S/c1-20-8-7-13-27(31-20)32-29-33(24-10-3-2-4-11-24)28(34)26(36-29)18-22-9-5-6-12-25(22)35-19-21-14-16-23(30)17-15-21/h2-18H,19H2,1H3/b26-18-,32-29+. The Bertz CT molecular complexity index is 1450. The molecule has 1 amide bonds. The Kier molecular flexibility index (Phi) is 7.16. The second kappa shape index (κ2) is 10.8. The van der Waals surface area contributed by atoms with E-state index in [2.05, 4.69) is 4.98 Å². The molecule has 7 heteroatoms. The number of pyridine rings is 1. The molecule has 36 heavy (non-hydrogen) atoms. The summed E-state index contributed by atoms with van der Waals surface area (Å²) in [5.74, 6) is 1.09. The van der Waals surface area contributed by atoms with Crippen LogP contribution in [0.3, 0.4) is 0 Å². The number of hydrogen-bond acceptors (Lipinski definition) is 5. The fraction of sp³-hybridized carbons (Fsp3) is 0.0690. The van der Waals surface area contributed by atoms with Crippen molar-refractivity contribution >= 4 is 52.0 Å². The lowest BCUT2D eigenvalue weighted by Gasteiger charge is -2.15. The topological polar surface area (TPSA) is 54.8 Å². The first kappa shape index (κ1) is 23.9. The van der Waals surface area contributed by atoms with E-state index >= 15 is 0 Å². The molecular weight excluding hydrogens is 490 g/mol. The van der Waals surface area contributed by atoms with Gasteiger partial charge in [0, 0.05) is 16.3 Å². The molecule has 0 bridgehead atoms. The van der Waals surface area contributed by atoms with E-state index in [-0.39, 0.29) is 5.91 Å². The second-order valence-corrected chi connectivity index (χ2v) is 9.52. The largest absolute Gasteiger partial charge is 0.488 e. The molecule has 0 atom stereocenters. The molecule has 178 valence electrons. The number of aromatic nitrogens is 1. The van der Waals surface area contributed by atoms with Gasteiger partial charge in [0.2, 0.25) is 0 Å². The van der Waals surface area contributed by atoms with Crippen molar-refractivity contribution in [3.8, 4) is 5.75 Å². The van der Waals surface area contributed by atoms with Crippen LogP contribution in [-0.2, 0) is 11.4 Å². The number of aryl methyl sites for hydroxylation is 1. The lowest BCUT2D eigenvalue weighted by molar-refractivity contribution is -0.113. The minimum absolute atomic E-state index is 0.148. The van der Waals surface area contributed by atoms with Crippen LogP contribution in [0.15, 0.2) is 107 Å². The van der Waals surface area contributed by atoms with Gasteiger partial charge in [-0.15, -0.1) is 0 Å². The van der Waals surface area contributed by atoms with Gasteiger partial charge in [-0.2, -0.15) is 0 Å². The van der Waals surface area contributed by atoms with E-state index in [0.717, 1.165) is 22.5 Å². The van der Waals surface area contributed by atoms with Crippen LogP contribution in [0, 0.1) is 6.92 Å². The molecular formula is C29H22ClN3O2S. The summed E-state index contributed by atoms with van der Waals surface area (Å²) < 4.78 is 6.09. The average molecular weight is 512 g/mol. The zero-order valence-corrected chi connectivity index (χ0v) is 21.0. The minimum atomic E-state index is -0.148. The maximum Gasteiger partial charge on any atom is 0.271 e. The molecule has 0 spiro atoms. The lowest BCUT2D eigenvalue weighted by atomic mass is 10.1. The minimum Gasteiger partial charge on any atom is -0.488 e. The van der Waals surface area contributed by atoms with Crippen LogP contribution >= 0.6 is 23.4 Å². The van der Waals surface area contributed by atoms with Gasteiger partial charge in [0.1, 0.15) is 12.4 Å². The maximum atomic E-state index is 13.6. The SMILES string of the molecule is Cc1cccc(/N=C2/S/C(=C\c3ccccc3OCc3ccc(Cl)cc3)C(=O)N2c2ccccc2)n1. The molecule has 2 heterocycles. The summed E-state index contributed by atoms with van der Waals surface area (Å²) in [5, 5.41) is 1.23. The number of amides is 1. The second-order valence-electron chi connectivity index (χ2n) is 8.07. The van der Waals surface area contributed by atoms with Crippen LogP contribution in [0.25, 0.3) is 6.08 Å². The Hall–Kier alpha value is -3.87. The number of carbonyl (C=O) groups is 1. The molecule has 0 N–H and O–H groups in total. The van der Waals surface area contributed by atoms with E-state index in [9.17, 15) is 4.79 Å². The highest BCUT2D eigenvalue weighted by Crippen LogP contribution is 2.38. The number of benzene rings is 3. The predicted octanol–water partition coefficient (Wildman–Crippen LogP) is 7.43. The Labute approximate surface area is 219 Å². The van der Waals surface area contributed by atoms with Crippen LogP contribution in [-0.4, -0.2) is 16.1 Å². The Morgan fingerprint density at radius 3 is 2.47 bits per heavy atom. The smallest absolute Gasteiger partial charge is 0.271 e. The summed E-state index contributed by atoms with van der Waals surface area (Å²) in [6.07, 6.45) is 1.85. The molecule has 0 radical (unpaired) electrons. The zero-order valence-electron chi connectivity index (χ0n) is 19.5. The third-order valence-electron chi connectivity index (χ3n) is 5.42. The molecule has 1 saturated heterocycles. The van der Waals surface area contributed by atoms with Crippen molar-refractivity contribution in [1.82, 2.24) is 4.98 Å². The number of aliphatic imine (C=N–C) groups is 1. The van der Waals surface area contributed by atoms with Gasteiger partial charge in [-0.25, -0.2) is 9.98 Å². The number of anilines is 1. The van der Waals surface area contributed by atoms with Gasteiger partial charge in [-0.1, -0.05) is 66.2 Å². The van der Waals surface area contributed by atoms with Crippen molar-refractivity contribution in [2.24, 2.45) is 4.99 Å². The first-order valence-electron chi connectivity index (χ1n) is 11.3. The molecule has 1 fully saturated rings. The Balaban J connectivity index is 1.47. The molecule has 1 aliphatic heterocycles. The molecule has 0 unspecified atom stereocenters. The van der Waals surface area contributed by atoms with Crippen molar-refractivity contribution in [2.75, 3.05) is 4.90 Å². The number of halogens is 1. The third-order valence-corrected chi connectivity index (χ3v) is 6.64. The third kappa shape index (κ3) is 5.51. The number of para-hydroxylation sites is 2.